The average molecular weight is 251 g/mol. The Morgan fingerprint density at radius 1 is 1.67 bits per heavy atom. The fraction of sp³-hybridized carbons (Fsp3) is 0.692. The molecule has 0 aromatic rings. The van der Waals surface area contributed by atoms with Gasteiger partial charge in [0, 0.05) is 6.54 Å². The van der Waals surface area contributed by atoms with Crippen LogP contribution < -0.4 is 0 Å². The number of ether oxygens (including phenoxy) is 1. The van der Waals surface area contributed by atoms with E-state index in [1.807, 2.05) is 6.08 Å². The molecule has 4 atom stereocenters. The quantitative estimate of drug-likeness (QED) is 0.745. The number of fused-ring (bicyclic) bond motifs is 1. The first-order valence-electron chi connectivity index (χ1n) is 6.48. The number of unbranched alkanes of at least 4 members (excludes halogenated alkanes) is 1. The van der Waals surface area contributed by atoms with Crippen molar-refractivity contribution in [1.29, 1.82) is 0 Å². The molecule has 1 N–H and O–H groups in total. The summed E-state index contributed by atoms with van der Waals surface area (Å²) in [5.41, 5.74) is -0.668. The second-order valence-corrected chi connectivity index (χ2v) is 5.35. The maximum Gasteiger partial charge on any atom is 0.310 e. The van der Waals surface area contributed by atoms with Crippen LogP contribution in [0.1, 0.15) is 19.8 Å². The van der Waals surface area contributed by atoms with Gasteiger partial charge in [0.25, 0.3) is 0 Å². The van der Waals surface area contributed by atoms with Gasteiger partial charge in [0.15, 0.2) is 0 Å². The molecule has 5 heteroatoms. The monoisotopic (exact) mass is 251 g/mol. The SMILES string of the molecule is CCCCN1C[C@@]23C=C[C@@H](O2)[C@@H](C(=O)O)[C@H]3C1=O. The van der Waals surface area contributed by atoms with E-state index in [0.717, 1.165) is 12.8 Å². The molecule has 0 aromatic heterocycles. The summed E-state index contributed by atoms with van der Waals surface area (Å²) in [5, 5.41) is 9.27. The predicted octanol–water partition coefficient (Wildman–Crippen LogP) is 0.653. The van der Waals surface area contributed by atoms with Crippen molar-refractivity contribution in [2.45, 2.75) is 31.5 Å². The van der Waals surface area contributed by atoms with E-state index in [4.69, 9.17) is 4.74 Å². The molecule has 0 radical (unpaired) electrons. The topological polar surface area (TPSA) is 66.8 Å². The molecular formula is C13H17NO4. The molecule has 2 saturated heterocycles. The van der Waals surface area contributed by atoms with E-state index in [1.54, 1.807) is 11.0 Å². The third kappa shape index (κ3) is 1.37. The fourth-order valence-corrected chi connectivity index (χ4v) is 3.40. The summed E-state index contributed by atoms with van der Waals surface area (Å²) in [7, 11) is 0. The number of carboxylic acid groups (broad SMARTS) is 1. The van der Waals surface area contributed by atoms with Crippen molar-refractivity contribution >= 4 is 11.9 Å². The third-order valence-corrected chi connectivity index (χ3v) is 4.25. The lowest BCUT2D eigenvalue weighted by Gasteiger charge is -2.21. The molecule has 98 valence electrons. The number of carbonyl (C=O) groups is 2. The van der Waals surface area contributed by atoms with Crippen LogP contribution in [0.15, 0.2) is 12.2 Å². The Bertz CT molecular complexity index is 433. The summed E-state index contributed by atoms with van der Waals surface area (Å²) in [6.07, 6.45) is 5.23. The highest BCUT2D eigenvalue weighted by molar-refractivity contribution is 5.90. The number of likely N-dealkylation sites (tertiary alicyclic amines) is 1. The number of aliphatic carboxylic acids is 1. The Hall–Kier alpha value is -1.36. The summed E-state index contributed by atoms with van der Waals surface area (Å²) in [5.74, 6) is -2.22. The van der Waals surface area contributed by atoms with Crippen molar-refractivity contribution in [1.82, 2.24) is 4.90 Å². The number of carboxylic acids is 1. The highest BCUT2D eigenvalue weighted by Gasteiger charge is 2.66. The second kappa shape index (κ2) is 3.82. The van der Waals surface area contributed by atoms with Crippen LogP contribution in [0, 0.1) is 11.8 Å². The molecule has 3 rings (SSSR count). The van der Waals surface area contributed by atoms with Crippen LogP contribution in [-0.4, -0.2) is 46.7 Å². The Kier molecular flexibility index (Phi) is 2.48. The van der Waals surface area contributed by atoms with Gasteiger partial charge in [-0.2, -0.15) is 0 Å². The second-order valence-electron chi connectivity index (χ2n) is 5.35. The number of nitrogens with zero attached hydrogens (tertiary/aromatic N) is 1. The minimum atomic E-state index is -0.929. The van der Waals surface area contributed by atoms with Gasteiger partial charge in [-0.15, -0.1) is 0 Å². The van der Waals surface area contributed by atoms with Crippen LogP contribution in [0.25, 0.3) is 0 Å². The molecule has 3 heterocycles. The molecule has 1 amide bonds. The normalized spacial score (nSPS) is 40.6. The molecular weight excluding hydrogens is 234 g/mol. The van der Waals surface area contributed by atoms with Gasteiger partial charge in [0.1, 0.15) is 11.5 Å². The molecule has 0 unspecified atom stereocenters. The molecule has 5 nitrogen and oxygen atoms in total. The van der Waals surface area contributed by atoms with Crippen molar-refractivity contribution in [3.05, 3.63) is 12.2 Å². The van der Waals surface area contributed by atoms with Gasteiger partial charge in [-0.25, -0.2) is 0 Å². The van der Waals surface area contributed by atoms with Gasteiger partial charge < -0.3 is 14.7 Å². The molecule has 3 aliphatic rings. The van der Waals surface area contributed by atoms with Crippen molar-refractivity contribution in [3.63, 3.8) is 0 Å². The zero-order valence-electron chi connectivity index (χ0n) is 10.3. The maximum atomic E-state index is 12.3. The first-order valence-corrected chi connectivity index (χ1v) is 6.48. The highest BCUT2D eigenvalue weighted by Crippen LogP contribution is 2.51. The molecule has 0 aromatic carbocycles. The number of rotatable bonds is 4. The van der Waals surface area contributed by atoms with Crippen molar-refractivity contribution in [2.75, 3.05) is 13.1 Å². The van der Waals surface area contributed by atoms with E-state index in [2.05, 4.69) is 6.92 Å². The van der Waals surface area contributed by atoms with E-state index in [9.17, 15) is 14.7 Å². The predicted molar refractivity (Wildman–Crippen MR) is 62.8 cm³/mol. The molecule has 1 spiro atoms. The van der Waals surface area contributed by atoms with Crippen LogP contribution in [0.5, 0.6) is 0 Å². The minimum Gasteiger partial charge on any atom is -0.481 e. The largest absolute Gasteiger partial charge is 0.481 e. The maximum absolute atomic E-state index is 12.3. The fourth-order valence-electron chi connectivity index (χ4n) is 3.40. The van der Waals surface area contributed by atoms with Gasteiger partial charge in [0.05, 0.1) is 18.6 Å². The summed E-state index contributed by atoms with van der Waals surface area (Å²) in [4.78, 5) is 25.4. The van der Waals surface area contributed by atoms with Crippen LogP contribution in [0.2, 0.25) is 0 Å². The van der Waals surface area contributed by atoms with Gasteiger partial charge >= 0.3 is 5.97 Å². The lowest BCUT2D eigenvalue weighted by molar-refractivity contribution is -0.148. The number of carbonyl (C=O) groups excluding carboxylic acids is 1. The highest BCUT2D eigenvalue weighted by atomic mass is 16.5. The zero-order valence-corrected chi connectivity index (χ0v) is 10.3. The van der Waals surface area contributed by atoms with Crippen LogP contribution in [0.4, 0.5) is 0 Å². The van der Waals surface area contributed by atoms with Crippen molar-refractivity contribution < 1.29 is 19.4 Å². The van der Waals surface area contributed by atoms with Gasteiger partial charge in [-0.1, -0.05) is 25.5 Å². The average Bonchev–Trinajstić information content (AvgIpc) is 2.95. The molecule has 3 aliphatic heterocycles. The number of amides is 1. The number of hydrogen-bond acceptors (Lipinski definition) is 3. The lowest BCUT2D eigenvalue weighted by atomic mass is 9.77. The minimum absolute atomic E-state index is 0.0531. The molecule has 2 bridgehead atoms. The Balaban J connectivity index is 1.87. The van der Waals surface area contributed by atoms with E-state index in [0.29, 0.717) is 13.1 Å². The van der Waals surface area contributed by atoms with Crippen molar-refractivity contribution in [2.24, 2.45) is 11.8 Å². The summed E-state index contributed by atoms with van der Waals surface area (Å²) >= 11 is 0. The Labute approximate surface area is 105 Å². The lowest BCUT2D eigenvalue weighted by Crippen LogP contribution is -2.39. The van der Waals surface area contributed by atoms with E-state index < -0.39 is 29.5 Å². The Morgan fingerprint density at radius 2 is 2.44 bits per heavy atom. The molecule has 18 heavy (non-hydrogen) atoms. The summed E-state index contributed by atoms with van der Waals surface area (Å²) in [6.45, 7) is 3.27. The van der Waals surface area contributed by atoms with Crippen LogP contribution in [0.3, 0.4) is 0 Å². The number of hydrogen-bond donors (Lipinski definition) is 1. The third-order valence-electron chi connectivity index (χ3n) is 4.25. The van der Waals surface area contributed by atoms with E-state index in [1.165, 1.54) is 0 Å². The van der Waals surface area contributed by atoms with E-state index in [-0.39, 0.29) is 5.91 Å². The van der Waals surface area contributed by atoms with Gasteiger partial charge in [-0.05, 0) is 6.42 Å². The first-order chi connectivity index (χ1) is 8.59. The standard InChI is InChI=1S/C13H17NO4/c1-2-3-6-14-7-13-5-4-8(18-13)9(12(16)17)10(13)11(14)15/h4-5,8-10H,2-3,6-7H2,1H3,(H,16,17)/t8-,9-,10+,13-/m1/s1. The van der Waals surface area contributed by atoms with Gasteiger partial charge in [-0.3, -0.25) is 9.59 Å². The molecule has 2 fully saturated rings. The first kappa shape index (κ1) is 11.7. The van der Waals surface area contributed by atoms with Crippen LogP contribution >= 0.6 is 0 Å². The summed E-state index contributed by atoms with van der Waals surface area (Å²) in [6, 6.07) is 0. The Morgan fingerprint density at radius 3 is 3.11 bits per heavy atom. The summed E-state index contributed by atoms with van der Waals surface area (Å²) < 4.78 is 5.78. The van der Waals surface area contributed by atoms with Crippen molar-refractivity contribution in [3.8, 4) is 0 Å². The zero-order chi connectivity index (χ0) is 12.9. The van der Waals surface area contributed by atoms with Gasteiger partial charge in [0.2, 0.25) is 5.91 Å². The van der Waals surface area contributed by atoms with E-state index >= 15 is 0 Å². The smallest absolute Gasteiger partial charge is 0.310 e. The van der Waals surface area contributed by atoms with Crippen LogP contribution in [-0.2, 0) is 14.3 Å². The molecule has 0 aliphatic carbocycles. The molecule has 0 saturated carbocycles.